The molecule has 114 valence electrons. The van der Waals surface area contributed by atoms with Gasteiger partial charge in [-0.05, 0) is 37.5 Å². The van der Waals surface area contributed by atoms with Gasteiger partial charge in [-0.2, -0.15) is 0 Å². The monoisotopic (exact) mass is 315 g/mol. The van der Waals surface area contributed by atoms with Crippen LogP contribution in [-0.4, -0.2) is 21.1 Å². The van der Waals surface area contributed by atoms with Crippen LogP contribution in [-0.2, 0) is 4.79 Å². The minimum Gasteiger partial charge on any atom is -0.289 e. The van der Waals surface area contributed by atoms with Crippen molar-refractivity contribution < 1.29 is 10.0 Å². The fourth-order valence-corrected chi connectivity index (χ4v) is 4.27. The summed E-state index contributed by atoms with van der Waals surface area (Å²) in [6.45, 7) is 1.96. The molecule has 2 heterocycles. The SMILES string of the molecule is Cc1ncc([C@H]2[C@@H](C(=O)NO)[C@@H]2c2ccnc(C3CC3)c2)s1. The molecule has 0 spiro atoms. The van der Waals surface area contributed by atoms with E-state index in [4.69, 9.17) is 5.21 Å². The Morgan fingerprint density at radius 1 is 1.36 bits per heavy atom. The van der Waals surface area contributed by atoms with Gasteiger partial charge in [0.2, 0.25) is 5.91 Å². The van der Waals surface area contributed by atoms with E-state index in [1.165, 1.54) is 12.8 Å². The van der Waals surface area contributed by atoms with E-state index in [1.807, 2.05) is 30.9 Å². The van der Waals surface area contributed by atoms with Crippen LogP contribution in [0.15, 0.2) is 24.5 Å². The van der Waals surface area contributed by atoms with Crippen molar-refractivity contribution in [1.29, 1.82) is 0 Å². The van der Waals surface area contributed by atoms with E-state index < -0.39 is 0 Å². The van der Waals surface area contributed by atoms with Crippen LogP contribution in [0.3, 0.4) is 0 Å². The predicted molar refractivity (Wildman–Crippen MR) is 82.0 cm³/mol. The Bertz CT molecular complexity index is 726. The van der Waals surface area contributed by atoms with Gasteiger partial charge in [-0.3, -0.25) is 15.0 Å². The van der Waals surface area contributed by atoms with Crippen molar-refractivity contribution in [2.24, 2.45) is 5.92 Å². The Morgan fingerprint density at radius 2 is 2.18 bits per heavy atom. The number of carbonyl (C=O) groups excluding carboxylic acids is 1. The molecule has 1 amide bonds. The average molecular weight is 315 g/mol. The van der Waals surface area contributed by atoms with E-state index in [0.29, 0.717) is 5.92 Å². The maximum atomic E-state index is 12.0. The Labute approximate surface area is 132 Å². The van der Waals surface area contributed by atoms with Crippen LogP contribution in [0, 0.1) is 12.8 Å². The Balaban J connectivity index is 1.66. The molecular formula is C16H17N3O2S. The third-order valence-electron chi connectivity index (χ3n) is 4.59. The second kappa shape index (κ2) is 5.14. The first-order chi connectivity index (χ1) is 10.7. The smallest absolute Gasteiger partial charge is 0.247 e. The van der Waals surface area contributed by atoms with Crippen LogP contribution < -0.4 is 5.48 Å². The molecule has 0 radical (unpaired) electrons. The normalized spacial score (nSPS) is 26.7. The summed E-state index contributed by atoms with van der Waals surface area (Å²) in [4.78, 5) is 21.8. The van der Waals surface area contributed by atoms with Crippen molar-refractivity contribution >= 4 is 17.2 Å². The first-order valence-electron chi connectivity index (χ1n) is 7.51. The molecule has 2 fully saturated rings. The highest BCUT2D eigenvalue weighted by Gasteiger charge is 2.57. The molecule has 0 aliphatic heterocycles. The van der Waals surface area contributed by atoms with Gasteiger partial charge in [0.15, 0.2) is 0 Å². The van der Waals surface area contributed by atoms with E-state index in [2.05, 4.69) is 16.0 Å². The lowest BCUT2D eigenvalue weighted by Crippen LogP contribution is -2.21. The summed E-state index contributed by atoms with van der Waals surface area (Å²) in [7, 11) is 0. The number of aromatic nitrogens is 2. The molecule has 0 bridgehead atoms. The number of rotatable bonds is 4. The molecule has 22 heavy (non-hydrogen) atoms. The third-order valence-corrected chi connectivity index (χ3v) is 5.60. The summed E-state index contributed by atoms with van der Waals surface area (Å²) < 4.78 is 0. The summed E-state index contributed by atoms with van der Waals surface area (Å²) in [5.74, 6) is 0.262. The van der Waals surface area contributed by atoms with Gasteiger partial charge in [0.1, 0.15) is 0 Å². The Hall–Kier alpha value is -1.79. The Morgan fingerprint density at radius 3 is 2.82 bits per heavy atom. The molecule has 5 nitrogen and oxygen atoms in total. The second-order valence-corrected chi connectivity index (χ2v) is 7.39. The van der Waals surface area contributed by atoms with E-state index in [9.17, 15) is 4.79 Å². The molecule has 0 saturated heterocycles. The van der Waals surface area contributed by atoms with E-state index >= 15 is 0 Å². The molecule has 2 saturated carbocycles. The third kappa shape index (κ3) is 2.32. The lowest BCUT2D eigenvalue weighted by Gasteiger charge is -2.03. The van der Waals surface area contributed by atoms with Crippen molar-refractivity contribution in [2.45, 2.75) is 37.5 Å². The maximum absolute atomic E-state index is 12.0. The number of thiazole rings is 1. The molecule has 0 unspecified atom stereocenters. The summed E-state index contributed by atoms with van der Waals surface area (Å²) in [5.41, 5.74) is 4.08. The molecule has 0 aromatic carbocycles. The molecule has 4 rings (SSSR count). The quantitative estimate of drug-likeness (QED) is 0.672. The molecule has 2 aliphatic rings. The van der Waals surface area contributed by atoms with Gasteiger partial charge in [0, 0.05) is 40.7 Å². The highest BCUT2D eigenvalue weighted by atomic mass is 32.1. The Kier molecular flexibility index (Phi) is 3.23. The van der Waals surface area contributed by atoms with Gasteiger partial charge < -0.3 is 0 Å². The fourth-order valence-electron chi connectivity index (χ4n) is 3.29. The van der Waals surface area contributed by atoms with Crippen molar-refractivity contribution in [3.8, 4) is 0 Å². The lowest BCUT2D eigenvalue weighted by atomic mass is 10.1. The standard InChI is InChI=1S/C16H17N3O2S/c1-8-18-7-12(22-8)14-13(15(14)16(20)19-21)10-4-5-17-11(6-10)9-2-3-9/h4-7,9,13-15,21H,2-3H2,1H3,(H,19,20)/t13-,14-,15+/m1/s1. The fraction of sp³-hybridized carbons (Fsp3) is 0.438. The first-order valence-corrected chi connectivity index (χ1v) is 8.33. The first kappa shape index (κ1) is 13.8. The van der Waals surface area contributed by atoms with Crippen LogP contribution in [0.2, 0.25) is 0 Å². The minimum atomic E-state index is -0.314. The highest BCUT2D eigenvalue weighted by molar-refractivity contribution is 7.11. The van der Waals surface area contributed by atoms with Crippen molar-refractivity contribution in [3.05, 3.63) is 45.7 Å². The van der Waals surface area contributed by atoms with Gasteiger partial charge >= 0.3 is 0 Å². The summed E-state index contributed by atoms with van der Waals surface area (Å²) in [5, 5.41) is 10.0. The number of amides is 1. The van der Waals surface area contributed by atoms with Gasteiger partial charge in [-0.15, -0.1) is 11.3 Å². The van der Waals surface area contributed by atoms with Gasteiger partial charge in [-0.1, -0.05) is 0 Å². The molecule has 2 aromatic rings. The van der Waals surface area contributed by atoms with Crippen molar-refractivity contribution in [2.75, 3.05) is 0 Å². The summed E-state index contributed by atoms with van der Waals surface area (Å²) in [6.07, 6.45) is 6.10. The number of aryl methyl sites for hydroxylation is 1. The van der Waals surface area contributed by atoms with E-state index in [1.54, 1.807) is 11.3 Å². The number of hydrogen-bond acceptors (Lipinski definition) is 5. The zero-order valence-corrected chi connectivity index (χ0v) is 13.0. The van der Waals surface area contributed by atoms with Crippen LogP contribution in [0.4, 0.5) is 0 Å². The predicted octanol–water partition coefficient (Wildman–Crippen LogP) is 2.73. The van der Waals surface area contributed by atoms with E-state index in [-0.39, 0.29) is 23.7 Å². The number of hydrogen-bond donors (Lipinski definition) is 2. The highest BCUT2D eigenvalue weighted by Crippen LogP contribution is 2.61. The van der Waals surface area contributed by atoms with Crippen LogP contribution >= 0.6 is 11.3 Å². The van der Waals surface area contributed by atoms with Crippen LogP contribution in [0.1, 0.15) is 51.7 Å². The molecular weight excluding hydrogens is 298 g/mol. The maximum Gasteiger partial charge on any atom is 0.247 e. The number of hydroxylamine groups is 1. The molecule has 6 heteroatoms. The second-order valence-electron chi connectivity index (χ2n) is 6.12. The summed E-state index contributed by atoms with van der Waals surface area (Å²) >= 11 is 1.62. The van der Waals surface area contributed by atoms with Gasteiger partial charge in [-0.25, -0.2) is 10.5 Å². The summed E-state index contributed by atoms with van der Waals surface area (Å²) in [6, 6.07) is 4.12. The number of nitrogens with zero attached hydrogens (tertiary/aromatic N) is 2. The van der Waals surface area contributed by atoms with Gasteiger partial charge in [0.25, 0.3) is 0 Å². The number of pyridine rings is 1. The topological polar surface area (TPSA) is 75.1 Å². The van der Waals surface area contributed by atoms with Crippen LogP contribution in [0.5, 0.6) is 0 Å². The zero-order chi connectivity index (χ0) is 15.3. The molecule has 3 atom stereocenters. The van der Waals surface area contributed by atoms with Crippen molar-refractivity contribution in [1.82, 2.24) is 15.4 Å². The molecule has 2 N–H and O–H groups in total. The molecule has 2 aliphatic carbocycles. The number of carbonyl (C=O) groups is 1. The number of nitrogens with one attached hydrogen (secondary N) is 1. The van der Waals surface area contributed by atoms with Crippen molar-refractivity contribution in [3.63, 3.8) is 0 Å². The lowest BCUT2D eigenvalue weighted by molar-refractivity contribution is -0.130. The minimum absolute atomic E-state index is 0.104. The average Bonchev–Trinajstić information content (AvgIpc) is 3.44. The zero-order valence-electron chi connectivity index (χ0n) is 12.2. The largest absolute Gasteiger partial charge is 0.289 e. The van der Waals surface area contributed by atoms with Crippen LogP contribution in [0.25, 0.3) is 0 Å². The molecule has 2 aromatic heterocycles. The van der Waals surface area contributed by atoms with Gasteiger partial charge in [0.05, 0.1) is 10.9 Å². The van der Waals surface area contributed by atoms with E-state index in [0.717, 1.165) is 21.1 Å².